The molecule has 1 amide bonds. The smallest absolute Gasteiger partial charge is 0.261 e. The van der Waals surface area contributed by atoms with Gasteiger partial charge in [0.1, 0.15) is 0 Å². The van der Waals surface area contributed by atoms with E-state index in [1.165, 1.54) is 30.6 Å². The normalized spacial score (nSPS) is 14.8. The maximum atomic E-state index is 12.1. The van der Waals surface area contributed by atoms with E-state index in [1.54, 1.807) is 0 Å². The van der Waals surface area contributed by atoms with Crippen molar-refractivity contribution in [3.63, 3.8) is 0 Å². The molecule has 3 rings (SSSR count). The number of piperidine rings is 1. The van der Waals surface area contributed by atoms with Gasteiger partial charge in [-0.05, 0) is 56.2 Å². The molecule has 1 fully saturated rings. The third-order valence-electron chi connectivity index (χ3n) is 3.92. The van der Waals surface area contributed by atoms with Crippen molar-refractivity contribution in [2.45, 2.75) is 39.7 Å². The molecule has 0 atom stereocenters. The Morgan fingerprint density at radius 1 is 1.22 bits per heavy atom. The number of hydrogen-bond acceptors (Lipinski definition) is 5. The SMILES string of the molecule is Cc1csc(C(=O)NCc2cc(C)nc(N3CCCCC3)n2)c1. The zero-order valence-corrected chi connectivity index (χ0v) is 14.4. The van der Waals surface area contributed by atoms with E-state index >= 15 is 0 Å². The van der Waals surface area contributed by atoms with Gasteiger partial charge in [0, 0.05) is 18.8 Å². The summed E-state index contributed by atoms with van der Waals surface area (Å²) in [7, 11) is 0. The molecule has 6 heteroatoms. The first kappa shape index (κ1) is 15.9. The van der Waals surface area contributed by atoms with E-state index in [4.69, 9.17) is 0 Å². The first-order chi connectivity index (χ1) is 11.1. The van der Waals surface area contributed by atoms with Gasteiger partial charge in [-0.15, -0.1) is 11.3 Å². The molecule has 1 aliphatic heterocycles. The molecule has 0 bridgehead atoms. The summed E-state index contributed by atoms with van der Waals surface area (Å²) in [6, 6.07) is 3.85. The topological polar surface area (TPSA) is 58.1 Å². The van der Waals surface area contributed by atoms with E-state index in [9.17, 15) is 4.79 Å². The predicted octanol–water partition coefficient (Wildman–Crippen LogP) is 3.08. The number of hydrogen-bond donors (Lipinski definition) is 1. The summed E-state index contributed by atoms with van der Waals surface area (Å²) in [5, 5.41) is 4.93. The largest absolute Gasteiger partial charge is 0.346 e. The number of rotatable bonds is 4. The lowest BCUT2D eigenvalue weighted by molar-refractivity contribution is 0.0954. The van der Waals surface area contributed by atoms with Crippen LogP contribution in [0.4, 0.5) is 5.95 Å². The lowest BCUT2D eigenvalue weighted by Gasteiger charge is -2.27. The number of amides is 1. The fourth-order valence-corrected chi connectivity index (χ4v) is 3.57. The van der Waals surface area contributed by atoms with E-state index in [0.717, 1.165) is 40.9 Å². The standard InChI is InChI=1S/C17H22N4OS/c1-12-8-15(23-11-12)16(22)18-10-14-9-13(2)19-17(20-14)21-6-4-3-5-7-21/h8-9,11H,3-7,10H2,1-2H3,(H,18,22). The fraction of sp³-hybridized carbons (Fsp3) is 0.471. The minimum absolute atomic E-state index is 0.0427. The average Bonchev–Trinajstić information content (AvgIpc) is 2.99. The third-order valence-corrected chi connectivity index (χ3v) is 4.97. The Morgan fingerprint density at radius 3 is 2.70 bits per heavy atom. The van der Waals surface area contributed by atoms with Crippen LogP contribution in [-0.4, -0.2) is 29.0 Å². The van der Waals surface area contributed by atoms with Gasteiger partial charge in [0.05, 0.1) is 17.1 Å². The Morgan fingerprint density at radius 2 is 2.00 bits per heavy atom. The second kappa shape index (κ2) is 7.08. The monoisotopic (exact) mass is 330 g/mol. The maximum absolute atomic E-state index is 12.1. The molecule has 23 heavy (non-hydrogen) atoms. The molecule has 0 radical (unpaired) electrons. The molecule has 0 saturated carbocycles. The minimum Gasteiger partial charge on any atom is -0.346 e. The van der Waals surface area contributed by atoms with Crippen LogP contribution in [0.5, 0.6) is 0 Å². The number of nitrogens with one attached hydrogen (secondary N) is 1. The van der Waals surface area contributed by atoms with Gasteiger partial charge in [0.15, 0.2) is 0 Å². The Bertz CT molecular complexity index is 692. The van der Waals surface area contributed by atoms with Crippen LogP contribution >= 0.6 is 11.3 Å². The van der Waals surface area contributed by atoms with Crippen molar-refractivity contribution >= 4 is 23.2 Å². The van der Waals surface area contributed by atoms with Gasteiger partial charge in [-0.2, -0.15) is 0 Å². The van der Waals surface area contributed by atoms with Crippen molar-refractivity contribution in [2.75, 3.05) is 18.0 Å². The molecule has 5 nitrogen and oxygen atoms in total. The fourth-order valence-electron chi connectivity index (χ4n) is 2.75. The van der Waals surface area contributed by atoms with Crippen LogP contribution in [0, 0.1) is 13.8 Å². The van der Waals surface area contributed by atoms with E-state index in [2.05, 4.69) is 20.2 Å². The zero-order valence-electron chi connectivity index (χ0n) is 13.6. The van der Waals surface area contributed by atoms with Gasteiger partial charge in [-0.1, -0.05) is 0 Å². The average molecular weight is 330 g/mol. The van der Waals surface area contributed by atoms with Crippen molar-refractivity contribution in [3.05, 3.63) is 39.3 Å². The summed E-state index contributed by atoms with van der Waals surface area (Å²) in [5.74, 6) is 0.750. The Hall–Kier alpha value is -1.95. The van der Waals surface area contributed by atoms with Crippen LogP contribution < -0.4 is 10.2 Å². The first-order valence-corrected chi connectivity index (χ1v) is 8.92. The van der Waals surface area contributed by atoms with Crippen molar-refractivity contribution in [1.29, 1.82) is 0 Å². The van der Waals surface area contributed by atoms with Gasteiger partial charge in [-0.25, -0.2) is 9.97 Å². The number of thiophene rings is 1. The highest BCUT2D eigenvalue weighted by Crippen LogP contribution is 2.17. The second-order valence-corrected chi connectivity index (χ2v) is 6.93. The summed E-state index contributed by atoms with van der Waals surface area (Å²) in [4.78, 5) is 24.3. The third kappa shape index (κ3) is 4.07. The number of carbonyl (C=O) groups is 1. The lowest BCUT2D eigenvalue weighted by Crippen LogP contribution is -2.31. The molecule has 0 aliphatic carbocycles. The summed E-state index contributed by atoms with van der Waals surface area (Å²) >= 11 is 1.47. The highest BCUT2D eigenvalue weighted by atomic mass is 32.1. The molecule has 1 saturated heterocycles. The zero-order chi connectivity index (χ0) is 16.2. The van der Waals surface area contributed by atoms with Crippen LogP contribution in [0.1, 0.15) is 45.9 Å². The molecule has 0 unspecified atom stereocenters. The molecule has 2 aromatic heterocycles. The summed E-state index contributed by atoms with van der Waals surface area (Å²) in [5.41, 5.74) is 2.92. The number of aromatic nitrogens is 2. The highest BCUT2D eigenvalue weighted by Gasteiger charge is 2.15. The summed E-state index contributed by atoms with van der Waals surface area (Å²) in [6.07, 6.45) is 3.67. The van der Waals surface area contributed by atoms with Crippen LogP contribution in [-0.2, 0) is 6.54 Å². The van der Waals surface area contributed by atoms with Crippen molar-refractivity contribution in [1.82, 2.24) is 15.3 Å². The maximum Gasteiger partial charge on any atom is 0.261 e. The number of aryl methyl sites for hydroxylation is 2. The molecule has 1 N–H and O–H groups in total. The predicted molar refractivity (Wildman–Crippen MR) is 93.1 cm³/mol. The highest BCUT2D eigenvalue weighted by molar-refractivity contribution is 7.12. The molecule has 1 aliphatic rings. The molecular weight excluding hydrogens is 308 g/mol. The van der Waals surface area contributed by atoms with Gasteiger partial charge in [-0.3, -0.25) is 4.79 Å². The quantitative estimate of drug-likeness (QED) is 0.936. The van der Waals surface area contributed by atoms with Gasteiger partial charge in [0.25, 0.3) is 5.91 Å². The minimum atomic E-state index is -0.0427. The van der Waals surface area contributed by atoms with E-state index in [1.807, 2.05) is 31.4 Å². The van der Waals surface area contributed by atoms with Crippen molar-refractivity contribution in [3.8, 4) is 0 Å². The Balaban J connectivity index is 1.67. The van der Waals surface area contributed by atoms with E-state index in [-0.39, 0.29) is 5.91 Å². The van der Waals surface area contributed by atoms with Crippen LogP contribution in [0.15, 0.2) is 17.5 Å². The first-order valence-electron chi connectivity index (χ1n) is 8.04. The molecule has 0 aromatic carbocycles. The Labute approximate surface area is 140 Å². The van der Waals surface area contributed by atoms with Crippen molar-refractivity contribution < 1.29 is 4.79 Å². The molecule has 3 heterocycles. The van der Waals surface area contributed by atoms with E-state index in [0.29, 0.717) is 6.54 Å². The van der Waals surface area contributed by atoms with Gasteiger partial charge >= 0.3 is 0 Å². The second-order valence-electron chi connectivity index (χ2n) is 6.02. The molecular formula is C17H22N4OS. The number of carbonyl (C=O) groups excluding carboxylic acids is 1. The number of nitrogens with zero attached hydrogens (tertiary/aromatic N) is 3. The van der Waals surface area contributed by atoms with Gasteiger partial charge < -0.3 is 10.2 Å². The summed E-state index contributed by atoms with van der Waals surface area (Å²) < 4.78 is 0. The van der Waals surface area contributed by atoms with E-state index < -0.39 is 0 Å². The molecule has 0 spiro atoms. The summed E-state index contributed by atoms with van der Waals surface area (Å²) in [6.45, 7) is 6.43. The van der Waals surface area contributed by atoms with Crippen LogP contribution in [0.3, 0.4) is 0 Å². The lowest BCUT2D eigenvalue weighted by atomic mass is 10.1. The van der Waals surface area contributed by atoms with Crippen molar-refractivity contribution in [2.24, 2.45) is 0 Å². The molecule has 122 valence electrons. The number of anilines is 1. The van der Waals surface area contributed by atoms with Crippen LogP contribution in [0.25, 0.3) is 0 Å². The van der Waals surface area contributed by atoms with Crippen LogP contribution in [0.2, 0.25) is 0 Å². The molecule has 2 aromatic rings. The Kier molecular flexibility index (Phi) is 4.91. The van der Waals surface area contributed by atoms with Gasteiger partial charge in [0.2, 0.25) is 5.95 Å².